The van der Waals surface area contributed by atoms with Crippen molar-refractivity contribution in [1.29, 1.82) is 0 Å². The number of esters is 1. The van der Waals surface area contributed by atoms with Gasteiger partial charge >= 0.3 is 5.97 Å². The van der Waals surface area contributed by atoms with Crippen LogP contribution in [0.5, 0.6) is 23.0 Å². The SMILES string of the molecule is C[C@H]1O[C@H](O[C@@H]2[C@@H](O)[C@H](OCCc3ccc(O)c(O)c3)O[C@H](CO[C@H]3OCC(O)(CO)[C@@H]3O)[C@H]2OC(=O)/C=C/c2ccc(O)c(O)c2)[C@@H](O)[C@@H](O)[C@@H]1O. The fraction of sp³-hybridized carbons (Fsp3) is 0.559. The van der Waals surface area contributed by atoms with E-state index in [-0.39, 0.29) is 30.1 Å². The predicted molar refractivity (Wildman–Crippen MR) is 174 cm³/mol. The Labute approximate surface area is 302 Å². The van der Waals surface area contributed by atoms with Crippen molar-refractivity contribution in [1.82, 2.24) is 0 Å². The lowest BCUT2D eigenvalue weighted by molar-refractivity contribution is -0.360. The van der Waals surface area contributed by atoms with Gasteiger partial charge in [0.25, 0.3) is 0 Å². The summed E-state index contributed by atoms with van der Waals surface area (Å²) in [6.45, 7) is -0.718. The van der Waals surface area contributed by atoms with Gasteiger partial charge in [-0.25, -0.2) is 4.79 Å². The number of hydrogen-bond acceptors (Lipinski definition) is 19. The van der Waals surface area contributed by atoms with Gasteiger partial charge in [0.05, 0.1) is 32.5 Å². The number of rotatable bonds is 13. The molecule has 19 nitrogen and oxygen atoms in total. The van der Waals surface area contributed by atoms with E-state index in [9.17, 15) is 61.0 Å². The van der Waals surface area contributed by atoms with Gasteiger partial charge in [-0.15, -0.1) is 0 Å². The monoisotopic (exact) mass is 756 g/mol. The minimum absolute atomic E-state index is 0.136. The van der Waals surface area contributed by atoms with Crippen LogP contribution in [-0.2, 0) is 44.4 Å². The van der Waals surface area contributed by atoms with Gasteiger partial charge in [-0.05, 0) is 54.8 Å². The smallest absolute Gasteiger partial charge is 0.331 e. The molecule has 0 bridgehead atoms. The van der Waals surface area contributed by atoms with Crippen LogP contribution in [-0.4, -0.2) is 168 Å². The average molecular weight is 757 g/mol. The third kappa shape index (κ3) is 9.35. The molecule has 3 aliphatic rings. The minimum atomic E-state index is -2.05. The van der Waals surface area contributed by atoms with E-state index < -0.39 is 117 Å². The van der Waals surface area contributed by atoms with E-state index in [0.717, 1.165) is 6.08 Å². The molecule has 294 valence electrons. The molecule has 5 rings (SSSR count). The molecule has 11 N–H and O–H groups in total. The van der Waals surface area contributed by atoms with Crippen LogP contribution in [0.2, 0.25) is 0 Å². The van der Waals surface area contributed by atoms with E-state index in [1.807, 2.05) is 0 Å². The molecule has 3 saturated heterocycles. The summed E-state index contributed by atoms with van der Waals surface area (Å²) in [6.07, 6.45) is -17.0. The Bertz CT molecular complexity index is 1570. The number of hydrogen-bond donors (Lipinski definition) is 11. The molecule has 13 atom stereocenters. The van der Waals surface area contributed by atoms with E-state index in [4.69, 9.17) is 33.2 Å². The summed E-state index contributed by atoms with van der Waals surface area (Å²) < 4.78 is 40.0. The molecule has 0 aliphatic carbocycles. The van der Waals surface area contributed by atoms with Gasteiger partial charge in [-0.3, -0.25) is 0 Å². The van der Waals surface area contributed by atoms with E-state index in [1.54, 1.807) is 0 Å². The summed E-state index contributed by atoms with van der Waals surface area (Å²) in [5, 5.41) is 112. The highest BCUT2D eigenvalue weighted by Crippen LogP contribution is 2.34. The van der Waals surface area contributed by atoms with Crippen molar-refractivity contribution >= 4 is 12.0 Å². The molecule has 3 aliphatic heterocycles. The molecule has 2 aromatic rings. The maximum absolute atomic E-state index is 13.2. The Balaban J connectivity index is 1.42. The maximum Gasteiger partial charge on any atom is 0.331 e. The lowest BCUT2D eigenvalue weighted by Crippen LogP contribution is -2.65. The minimum Gasteiger partial charge on any atom is -0.504 e. The fourth-order valence-corrected chi connectivity index (χ4v) is 5.87. The lowest BCUT2D eigenvalue weighted by atomic mass is 9.96. The molecule has 0 spiro atoms. The van der Waals surface area contributed by atoms with Crippen LogP contribution in [0, 0.1) is 0 Å². The number of benzene rings is 2. The zero-order valence-corrected chi connectivity index (χ0v) is 28.3. The zero-order chi connectivity index (χ0) is 38.6. The lowest BCUT2D eigenvalue weighted by Gasteiger charge is -2.46. The van der Waals surface area contributed by atoms with Crippen LogP contribution in [0.1, 0.15) is 18.1 Å². The topological polar surface area (TPSA) is 304 Å². The number of phenolic OH excluding ortho intramolecular Hbond substituents is 4. The van der Waals surface area contributed by atoms with Crippen LogP contribution >= 0.6 is 0 Å². The highest BCUT2D eigenvalue weighted by Gasteiger charge is 2.54. The average Bonchev–Trinajstić information content (AvgIpc) is 3.42. The van der Waals surface area contributed by atoms with E-state index >= 15 is 0 Å². The van der Waals surface area contributed by atoms with Gasteiger partial charge in [-0.1, -0.05) is 12.1 Å². The number of ether oxygens (including phenoxy) is 7. The molecule has 0 amide bonds. The molecule has 2 aromatic carbocycles. The summed E-state index contributed by atoms with van der Waals surface area (Å²) >= 11 is 0. The predicted octanol–water partition coefficient (Wildman–Crippen LogP) is -2.55. The van der Waals surface area contributed by atoms with Crippen LogP contribution < -0.4 is 0 Å². The van der Waals surface area contributed by atoms with Gasteiger partial charge in [0.1, 0.15) is 48.3 Å². The summed E-state index contributed by atoms with van der Waals surface area (Å²) in [6, 6.07) is 7.83. The second kappa shape index (κ2) is 17.2. The molecule has 3 fully saturated rings. The number of aromatic hydroxyl groups is 4. The third-order valence-electron chi connectivity index (χ3n) is 9.09. The highest BCUT2D eigenvalue weighted by atomic mass is 16.8. The highest BCUT2D eigenvalue weighted by molar-refractivity contribution is 5.87. The molecule has 1 unspecified atom stereocenters. The van der Waals surface area contributed by atoms with Crippen LogP contribution in [0.3, 0.4) is 0 Å². The summed E-state index contributed by atoms with van der Waals surface area (Å²) in [4.78, 5) is 13.2. The van der Waals surface area contributed by atoms with Gasteiger partial charge < -0.3 is 89.3 Å². The Kier molecular flexibility index (Phi) is 13.2. The largest absolute Gasteiger partial charge is 0.504 e. The van der Waals surface area contributed by atoms with Gasteiger partial charge in [-0.2, -0.15) is 0 Å². The molecule has 0 aromatic heterocycles. The third-order valence-corrected chi connectivity index (χ3v) is 9.09. The Morgan fingerprint density at radius 3 is 2.19 bits per heavy atom. The van der Waals surface area contributed by atoms with Crippen molar-refractivity contribution in [2.24, 2.45) is 0 Å². The van der Waals surface area contributed by atoms with Gasteiger partial charge in [0, 0.05) is 6.08 Å². The quantitative estimate of drug-likeness (QED) is 0.0569. The van der Waals surface area contributed by atoms with Gasteiger partial charge in [0.15, 0.2) is 48.0 Å². The normalized spacial score (nSPS) is 36.2. The number of aliphatic hydroxyl groups is 7. The second-order valence-electron chi connectivity index (χ2n) is 13.0. The first-order valence-corrected chi connectivity index (χ1v) is 16.6. The standard InChI is InChI=1S/C34H44O19/c1-15-24(41)25(42)26(43)32(50-15)53-29-27(44)31(47-9-8-17-3-6-19(37)21(39)11-17)51-22(12-48-33-30(45)34(46,13-35)14-49-33)28(29)52-23(40)7-4-16-2-5-18(36)20(38)10-16/h2-7,10-11,15,22,24-33,35-39,41-46H,8-9,12-14H2,1H3/b7-4+/t15-,22-,24-,25+,26+,27-,28-,29-,30-,31-,32-,33+,34?/m1/s1. The van der Waals surface area contributed by atoms with Crippen LogP contribution in [0.25, 0.3) is 6.08 Å². The first-order valence-electron chi connectivity index (χ1n) is 16.6. The number of aliphatic hydroxyl groups excluding tert-OH is 6. The zero-order valence-electron chi connectivity index (χ0n) is 28.3. The van der Waals surface area contributed by atoms with E-state index in [1.165, 1.54) is 49.4 Å². The first-order chi connectivity index (χ1) is 25.1. The molecule has 19 heteroatoms. The molecular formula is C34H44O19. The number of carbonyl (C=O) groups is 1. The maximum atomic E-state index is 13.2. The molecular weight excluding hydrogens is 712 g/mol. The van der Waals surface area contributed by atoms with E-state index in [2.05, 4.69) is 0 Å². The Morgan fingerprint density at radius 2 is 1.53 bits per heavy atom. The van der Waals surface area contributed by atoms with Crippen molar-refractivity contribution in [3.63, 3.8) is 0 Å². The van der Waals surface area contributed by atoms with Crippen molar-refractivity contribution < 1.29 is 94.1 Å². The first kappa shape index (κ1) is 40.5. The number of phenols is 4. The Hall–Kier alpha value is -3.67. The summed E-state index contributed by atoms with van der Waals surface area (Å²) in [5.74, 6) is -2.62. The molecule has 0 radical (unpaired) electrons. The molecule has 53 heavy (non-hydrogen) atoms. The van der Waals surface area contributed by atoms with Gasteiger partial charge in [0.2, 0.25) is 0 Å². The number of carbonyl (C=O) groups excluding carboxylic acids is 1. The van der Waals surface area contributed by atoms with Crippen molar-refractivity contribution in [2.45, 2.75) is 92.8 Å². The van der Waals surface area contributed by atoms with Crippen LogP contribution in [0.4, 0.5) is 0 Å². The fourth-order valence-electron chi connectivity index (χ4n) is 5.87. The summed E-state index contributed by atoms with van der Waals surface area (Å²) in [7, 11) is 0. The molecule has 0 saturated carbocycles. The van der Waals surface area contributed by atoms with Crippen molar-refractivity contribution in [3.05, 3.63) is 53.6 Å². The van der Waals surface area contributed by atoms with Crippen molar-refractivity contribution in [3.8, 4) is 23.0 Å². The summed E-state index contributed by atoms with van der Waals surface area (Å²) in [5.41, 5.74) is -1.24. The second-order valence-corrected chi connectivity index (χ2v) is 13.0. The Morgan fingerprint density at radius 1 is 0.830 bits per heavy atom. The van der Waals surface area contributed by atoms with Crippen molar-refractivity contribution in [2.75, 3.05) is 26.4 Å². The van der Waals surface area contributed by atoms with E-state index in [0.29, 0.717) is 5.56 Å². The molecule has 3 heterocycles. The van der Waals surface area contributed by atoms with Crippen LogP contribution in [0.15, 0.2) is 42.5 Å².